The van der Waals surface area contributed by atoms with Crippen molar-refractivity contribution in [2.45, 2.75) is 76.5 Å². The van der Waals surface area contributed by atoms with E-state index in [0.29, 0.717) is 11.8 Å². The van der Waals surface area contributed by atoms with Gasteiger partial charge in [0.05, 0.1) is 5.60 Å². The maximum atomic E-state index is 12.2. The lowest BCUT2D eigenvalue weighted by Crippen LogP contribution is -2.51. The maximum absolute atomic E-state index is 12.2. The van der Waals surface area contributed by atoms with Gasteiger partial charge in [0.25, 0.3) is 0 Å². The molecule has 1 saturated carbocycles. The molecular weight excluding hydrogens is 292 g/mol. The summed E-state index contributed by atoms with van der Waals surface area (Å²) in [6.07, 6.45) is 6.65. The van der Waals surface area contributed by atoms with E-state index in [0.717, 1.165) is 39.0 Å². The third kappa shape index (κ3) is 3.82. The Bertz CT molecular complexity index is 442. The first kappa shape index (κ1) is 17.0. The quantitative estimate of drug-likeness (QED) is 0.848. The number of ether oxygens (including phenoxy) is 2. The fourth-order valence-electron chi connectivity index (χ4n) is 4.29. The van der Waals surface area contributed by atoms with Gasteiger partial charge in [-0.1, -0.05) is 0 Å². The van der Waals surface area contributed by atoms with Gasteiger partial charge in [-0.15, -0.1) is 0 Å². The van der Waals surface area contributed by atoms with Crippen molar-refractivity contribution in [1.29, 1.82) is 0 Å². The van der Waals surface area contributed by atoms with Crippen molar-refractivity contribution >= 4 is 6.09 Å². The summed E-state index contributed by atoms with van der Waals surface area (Å²) in [5.41, 5.74) is 6.32. The van der Waals surface area contributed by atoms with Crippen molar-refractivity contribution in [1.82, 2.24) is 4.90 Å². The molecular formula is C18H32N2O3. The number of hydrogen-bond donors (Lipinski definition) is 1. The lowest BCUT2D eigenvalue weighted by Gasteiger charge is -2.49. The lowest BCUT2D eigenvalue weighted by molar-refractivity contribution is -0.147. The first-order chi connectivity index (χ1) is 10.8. The Morgan fingerprint density at radius 3 is 2.65 bits per heavy atom. The molecule has 1 amide bonds. The molecule has 2 N–H and O–H groups in total. The molecule has 0 bridgehead atoms. The summed E-state index contributed by atoms with van der Waals surface area (Å²) in [5.74, 6) is 0.926. The third-order valence-electron chi connectivity index (χ3n) is 5.76. The molecule has 5 nitrogen and oxygen atoms in total. The molecule has 2 saturated heterocycles. The summed E-state index contributed by atoms with van der Waals surface area (Å²) < 4.78 is 11.5. The predicted molar refractivity (Wildman–Crippen MR) is 89.1 cm³/mol. The topological polar surface area (TPSA) is 64.8 Å². The van der Waals surface area contributed by atoms with E-state index < -0.39 is 5.60 Å². The molecule has 23 heavy (non-hydrogen) atoms. The highest BCUT2D eigenvalue weighted by Crippen LogP contribution is 2.45. The second-order valence-electron chi connectivity index (χ2n) is 8.69. The van der Waals surface area contributed by atoms with Crippen molar-refractivity contribution in [2.75, 3.05) is 19.7 Å². The van der Waals surface area contributed by atoms with Crippen LogP contribution in [0.1, 0.15) is 59.3 Å². The van der Waals surface area contributed by atoms with Gasteiger partial charge in [0.2, 0.25) is 0 Å². The van der Waals surface area contributed by atoms with Gasteiger partial charge in [-0.3, -0.25) is 0 Å². The highest BCUT2D eigenvalue weighted by Gasteiger charge is 2.45. The maximum Gasteiger partial charge on any atom is 0.410 e. The standard InChI is InChI=1S/C18H32N2O3/c1-17(2,3)23-16(21)20-9-5-14(12-20)15(19)13-6-10-22-18(11-13)7-4-8-18/h13-15H,4-12,19H2,1-3H3. The number of hydrogen-bond acceptors (Lipinski definition) is 4. The zero-order valence-electron chi connectivity index (χ0n) is 14.8. The van der Waals surface area contributed by atoms with Crippen molar-refractivity contribution < 1.29 is 14.3 Å². The van der Waals surface area contributed by atoms with E-state index in [-0.39, 0.29) is 17.7 Å². The van der Waals surface area contributed by atoms with Crippen molar-refractivity contribution in [2.24, 2.45) is 17.6 Å². The van der Waals surface area contributed by atoms with E-state index in [4.69, 9.17) is 15.2 Å². The first-order valence-electron chi connectivity index (χ1n) is 9.15. The van der Waals surface area contributed by atoms with Crippen LogP contribution in [-0.4, -0.2) is 47.9 Å². The highest BCUT2D eigenvalue weighted by molar-refractivity contribution is 5.68. The number of rotatable bonds is 2. The molecule has 0 aromatic heterocycles. The molecule has 1 aliphatic carbocycles. The van der Waals surface area contributed by atoms with Gasteiger partial charge in [0.1, 0.15) is 5.60 Å². The monoisotopic (exact) mass is 324 g/mol. The molecule has 2 aliphatic heterocycles. The number of carbonyl (C=O) groups is 1. The van der Waals surface area contributed by atoms with Crippen LogP contribution < -0.4 is 5.73 Å². The summed E-state index contributed by atoms with van der Waals surface area (Å²) in [7, 11) is 0. The minimum absolute atomic E-state index is 0.143. The third-order valence-corrected chi connectivity index (χ3v) is 5.76. The molecule has 5 heteroatoms. The fraction of sp³-hybridized carbons (Fsp3) is 0.944. The summed E-state index contributed by atoms with van der Waals surface area (Å²) >= 11 is 0. The molecule has 3 aliphatic rings. The average Bonchev–Trinajstić information content (AvgIpc) is 2.93. The van der Waals surface area contributed by atoms with Crippen LogP contribution in [0, 0.1) is 11.8 Å². The minimum atomic E-state index is -0.436. The van der Waals surface area contributed by atoms with E-state index in [9.17, 15) is 4.79 Å². The van der Waals surface area contributed by atoms with E-state index in [1.165, 1.54) is 19.3 Å². The smallest absolute Gasteiger partial charge is 0.410 e. The SMILES string of the molecule is CC(C)(C)OC(=O)N1CCC(C(N)C2CCOC3(CCC3)C2)C1. The Balaban J connectivity index is 1.53. The average molecular weight is 324 g/mol. The van der Waals surface area contributed by atoms with Crippen molar-refractivity contribution in [3.8, 4) is 0 Å². The Kier molecular flexibility index (Phi) is 4.62. The van der Waals surface area contributed by atoms with E-state index in [2.05, 4.69) is 0 Å². The van der Waals surface area contributed by atoms with Crippen molar-refractivity contribution in [3.05, 3.63) is 0 Å². The molecule has 0 aromatic carbocycles. The van der Waals surface area contributed by atoms with E-state index in [1.807, 2.05) is 25.7 Å². The van der Waals surface area contributed by atoms with Gasteiger partial charge in [0, 0.05) is 25.7 Å². The zero-order valence-corrected chi connectivity index (χ0v) is 14.8. The molecule has 0 radical (unpaired) electrons. The summed E-state index contributed by atoms with van der Waals surface area (Å²) in [5, 5.41) is 0. The Morgan fingerprint density at radius 1 is 1.30 bits per heavy atom. The number of likely N-dealkylation sites (tertiary alicyclic amines) is 1. The molecule has 3 unspecified atom stereocenters. The van der Waals surface area contributed by atoms with E-state index in [1.54, 1.807) is 0 Å². The molecule has 2 heterocycles. The molecule has 3 atom stereocenters. The van der Waals surface area contributed by atoms with Gasteiger partial charge in [0.15, 0.2) is 0 Å². The summed E-state index contributed by atoms with van der Waals surface area (Å²) in [6, 6.07) is 0.170. The fourth-order valence-corrected chi connectivity index (χ4v) is 4.29. The van der Waals surface area contributed by atoms with Crippen LogP contribution >= 0.6 is 0 Å². The van der Waals surface area contributed by atoms with Crippen LogP contribution in [0.3, 0.4) is 0 Å². The number of carbonyl (C=O) groups excluding carboxylic acids is 1. The van der Waals surface area contributed by atoms with Crippen LogP contribution in [0.2, 0.25) is 0 Å². The van der Waals surface area contributed by atoms with Gasteiger partial charge in [-0.05, 0) is 71.1 Å². The van der Waals surface area contributed by atoms with Gasteiger partial charge >= 0.3 is 6.09 Å². The summed E-state index contributed by atoms with van der Waals surface area (Å²) in [6.45, 7) is 8.07. The lowest BCUT2D eigenvalue weighted by atomic mass is 9.69. The highest BCUT2D eigenvalue weighted by atomic mass is 16.6. The number of nitrogens with zero attached hydrogens (tertiary/aromatic N) is 1. The predicted octanol–water partition coefficient (Wildman–Crippen LogP) is 2.92. The molecule has 132 valence electrons. The number of amides is 1. The molecule has 0 aromatic rings. The molecule has 3 fully saturated rings. The number of nitrogens with two attached hydrogens (primary N) is 1. The van der Waals surface area contributed by atoms with E-state index >= 15 is 0 Å². The zero-order chi connectivity index (χ0) is 16.7. The van der Waals surface area contributed by atoms with Gasteiger partial charge in [-0.2, -0.15) is 0 Å². The largest absolute Gasteiger partial charge is 0.444 e. The van der Waals surface area contributed by atoms with Crippen LogP contribution in [-0.2, 0) is 9.47 Å². The van der Waals surface area contributed by atoms with Crippen LogP contribution in [0.4, 0.5) is 4.79 Å². The summed E-state index contributed by atoms with van der Waals surface area (Å²) in [4.78, 5) is 14.0. The molecule has 3 rings (SSSR count). The van der Waals surface area contributed by atoms with Crippen LogP contribution in [0.25, 0.3) is 0 Å². The van der Waals surface area contributed by atoms with Crippen LogP contribution in [0.15, 0.2) is 0 Å². The Morgan fingerprint density at radius 2 is 2.04 bits per heavy atom. The van der Waals surface area contributed by atoms with Gasteiger partial charge in [-0.25, -0.2) is 4.79 Å². The normalized spacial score (nSPS) is 31.7. The van der Waals surface area contributed by atoms with Crippen LogP contribution in [0.5, 0.6) is 0 Å². The Labute approximate surface area is 139 Å². The second-order valence-corrected chi connectivity index (χ2v) is 8.69. The first-order valence-corrected chi connectivity index (χ1v) is 9.15. The minimum Gasteiger partial charge on any atom is -0.444 e. The second kappa shape index (κ2) is 6.25. The van der Waals surface area contributed by atoms with Crippen molar-refractivity contribution in [3.63, 3.8) is 0 Å². The van der Waals surface area contributed by atoms with Gasteiger partial charge < -0.3 is 20.1 Å². The molecule has 1 spiro atoms. The Hall–Kier alpha value is -0.810.